The van der Waals surface area contributed by atoms with Crippen LogP contribution in [0.4, 0.5) is 0 Å². The number of rotatable bonds is 8. The molecule has 0 N–H and O–H groups in total. The molecule has 0 spiro atoms. The molecule has 0 aromatic heterocycles. The van der Waals surface area contributed by atoms with Crippen molar-refractivity contribution >= 4 is 23.4 Å². The lowest BCUT2D eigenvalue weighted by Gasteiger charge is -1.97. The molecule has 78 valence electrons. The monoisotopic (exact) mass is 220 g/mol. The van der Waals surface area contributed by atoms with Crippen LogP contribution in [0.2, 0.25) is 0 Å². The van der Waals surface area contributed by atoms with Crippen LogP contribution in [0, 0.1) is 0 Å². The molecule has 0 rings (SSSR count). The lowest BCUT2D eigenvalue weighted by atomic mass is 10.2. The van der Waals surface area contributed by atoms with Crippen LogP contribution in [0.15, 0.2) is 10.4 Å². The second-order valence-corrected chi connectivity index (χ2v) is 4.97. The van der Waals surface area contributed by atoms with Gasteiger partial charge in [-0.2, -0.15) is 0 Å². The van der Waals surface area contributed by atoms with Crippen molar-refractivity contribution in [1.82, 2.24) is 0 Å². The minimum absolute atomic E-state index is 0.985. The molecular formula is C11H21ClS. The zero-order valence-electron chi connectivity index (χ0n) is 8.81. The second-order valence-electron chi connectivity index (χ2n) is 3.21. The van der Waals surface area contributed by atoms with Crippen LogP contribution in [0.25, 0.3) is 0 Å². The maximum atomic E-state index is 6.00. The summed E-state index contributed by atoms with van der Waals surface area (Å²) in [6, 6.07) is 0. The van der Waals surface area contributed by atoms with Gasteiger partial charge in [0.05, 0.1) is 4.36 Å². The molecule has 0 bridgehead atoms. The third-order valence-corrected chi connectivity index (χ3v) is 3.34. The van der Waals surface area contributed by atoms with Gasteiger partial charge in [0, 0.05) is 0 Å². The van der Waals surface area contributed by atoms with Crippen LogP contribution >= 0.6 is 23.4 Å². The van der Waals surface area contributed by atoms with Crippen molar-refractivity contribution in [1.29, 1.82) is 0 Å². The van der Waals surface area contributed by atoms with E-state index in [0.29, 0.717) is 0 Å². The fourth-order valence-corrected chi connectivity index (χ4v) is 2.02. The first-order valence-electron chi connectivity index (χ1n) is 5.29. The molecule has 0 aliphatic heterocycles. The highest BCUT2D eigenvalue weighted by Crippen LogP contribution is 2.21. The normalized spacial score (nSPS) is 12.1. The Morgan fingerprint density at radius 2 is 1.92 bits per heavy atom. The highest BCUT2D eigenvalue weighted by molar-refractivity contribution is 8.04. The van der Waals surface area contributed by atoms with Crippen molar-refractivity contribution in [3.05, 3.63) is 10.4 Å². The topological polar surface area (TPSA) is 0 Å². The number of halogens is 1. The van der Waals surface area contributed by atoms with Gasteiger partial charge in [0.2, 0.25) is 0 Å². The highest BCUT2D eigenvalue weighted by Gasteiger charge is 1.91. The zero-order valence-corrected chi connectivity index (χ0v) is 10.4. The molecule has 0 aliphatic rings. The summed E-state index contributed by atoms with van der Waals surface area (Å²) < 4.78 is 0.985. The van der Waals surface area contributed by atoms with E-state index in [2.05, 4.69) is 19.9 Å². The Bertz CT molecular complexity index is 132. The summed E-state index contributed by atoms with van der Waals surface area (Å²) in [6.07, 6.45) is 9.81. The van der Waals surface area contributed by atoms with Crippen LogP contribution in [0.5, 0.6) is 0 Å². The van der Waals surface area contributed by atoms with Gasteiger partial charge < -0.3 is 0 Å². The molecule has 0 heterocycles. The summed E-state index contributed by atoms with van der Waals surface area (Å²) in [4.78, 5) is 0. The fourth-order valence-electron chi connectivity index (χ4n) is 1.05. The summed E-state index contributed by atoms with van der Waals surface area (Å²) in [7, 11) is 0. The predicted molar refractivity (Wildman–Crippen MR) is 65.4 cm³/mol. The van der Waals surface area contributed by atoms with Gasteiger partial charge in [0.15, 0.2) is 0 Å². The van der Waals surface area contributed by atoms with Gasteiger partial charge in [0.25, 0.3) is 0 Å². The van der Waals surface area contributed by atoms with E-state index in [-0.39, 0.29) is 0 Å². The molecule has 2 heteroatoms. The Balaban J connectivity index is 3.25. The van der Waals surface area contributed by atoms with E-state index in [4.69, 9.17) is 11.6 Å². The first-order valence-corrected chi connectivity index (χ1v) is 6.66. The molecule has 0 saturated carbocycles. The van der Waals surface area contributed by atoms with E-state index in [9.17, 15) is 0 Å². The average Bonchev–Trinajstić information content (AvgIpc) is 2.14. The van der Waals surface area contributed by atoms with Crippen molar-refractivity contribution in [2.24, 2.45) is 0 Å². The quantitative estimate of drug-likeness (QED) is 0.508. The van der Waals surface area contributed by atoms with Crippen molar-refractivity contribution < 1.29 is 0 Å². The average molecular weight is 221 g/mol. The van der Waals surface area contributed by atoms with Crippen LogP contribution in [-0.4, -0.2) is 5.75 Å². The molecule has 0 saturated heterocycles. The van der Waals surface area contributed by atoms with Crippen molar-refractivity contribution in [3.63, 3.8) is 0 Å². The SMILES string of the molecule is CCCCCC/C=C(/Cl)SCCC. The first kappa shape index (κ1) is 13.4. The molecule has 0 aromatic rings. The number of hydrogen-bond donors (Lipinski definition) is 0. The molecule has 0 aliphatic carbocycles. The number of thioether (sulfide) groups is 1. The molecule has 0 atom stereocenters. The minimum atomic E-state index is 0.985. The summed E-state index contributed by atoms with van der Waals surface area (Å²) in [5, 5.41) is 0. The summed E-state index contributed by atoms with van der Waals surface area (Å²) >= 11 is 7.76. The predicted octanol–water partition coefficient (Wildman–Crippen LogP) is 5.18. The van der Waals surface area contributed by atoms with E-state index in [1.807, 2.05) is 0 Å². The van der Waals surface area contributed by atoms with Gasteiger partial charge in [-0.1, -0.05) is 50.8 Å². The number of hydrogen-bond acceptors (Lipinski definition) is 1. The largest absolute Gasteiger partial charge is 0.114 e. The van der Waals surface area contributed by atoms with Crippen molar-refractivity contribution in [2.75, 3.05) is 5.75 Å². The van der Waals surface area contributed by atoms with Gasteiger partial charge in [-0.3, -0.25) is 0 Å². The molecule has 0 unspecified atom stereocenters. The molecule has 0 nitrogen and oxygen atoms in total. The maximum Gasteiger partial charge on any atom is 0.0694 e. The first-order chi connectivity index (χ1) is 6.31. The molecule has 0 radical (unpaired) electrons. The minimum Gasteiger partial charge on any atom is -0.114 e. The fraction of sp³-hybridized carbons (Fsp3) is 0.818. The Hall–Kier alpha value is 0.380. The zero-order chi connectivity index (χ0) is 9.94. The standard InChI is InChI=1S/C11H21ClS/c1-3-5-6-7-8-9-11(12)13-10-4-2/h9H,3-8,10H2,1-2H3/b11-9-. The van der Waals surface area contributed by atoms with Crippen LogP contribution in [0.1, 0.15) is 52.4 Å². The molecule has 0 amide bonds. The van der Waals surface area contributed by atoms with Crippen LogP contribution in [-0.2, 0) is 0 Å². The Morgan fingerprint density at radius 1 is 1.15 bits per heavy atom. The summed E-state index contributed by atoms with van der Waals surface area (Å²) in [5.41, 5.74) is 0. The lowest BCUT2D eigenvalue weighted by molar-refractivity contribution is 0.674. The van der Waals surface area contributed by atoms with Crippen molar-refractivity contribution in [2.45, 2.75) is 52.4 Å². The van der Waals surface area contributed by atoms with E-state index in [1.54, 1.807) is 11.8 Å². The Morgan fingerprint density at radius 3 is 2.54 bits per heavy atom. The van der Waals surface area contributed by atoms with E-state index >= 15 is 0 Å². The number of allylic oxidation sites excluding steroid dienone is 1. The molecule has 0 aromatic carbocycles. The van der Waals surface area contributed by atoms with E-state index in [1.165, 1.54) is 32.1 Å². The Kier molecular flexibility index (Phi) is 10.8. The third-order valence-electron chi connectivity index (χ3n) is 1.81. The molecular weight excluding hydrogens is 200 g/mol. The summed E-state index contributed by atoms with van der Waals surface area (Å²) in [6.45, 7) is 4.42. The van der Waals surface area contributed by atoms with E-state index < -0.39 is 0 Å². The maximum absolute atomic E-state index is 6.00. The second kappa shape index (κ2) is 10.5. The van der Waals surface area contributed by atoms with E-state index in [0.717, 1.165) is 16.5 Å². The molecule has 0 fully saturated rings. The van der Waals surface area contributed by atoms with Crippen LogP contribution in [0.3, 0.4) is 0 Å². The highest BCUT2D eigenvalue weighted by atomic mass is 35.5. The Labute approximate surface area is 92.1 Å². The van der Waals surface area contributed by atoms with Crippen molar-refractivity contribution in [3.8, 4) is 0 Å². The third kappa shape index (κ3) is 10.3. The van der Waals surface area contributed by atoms with Gasteiger partial charge in [-0.25, -0.2) is 0 Å². The summed E-state index contributed by atoms with van der Waals surface area (Å²) in [5.74, 6) is 1.14. The lowest BCUT2D eigenvalue weighted by Crippen LogP contribution is -1.76. The number of unbranched alkanes of at least 4 members (excludes halogenated alkanes) is 4. The smallest absolute Gasteiger partial charge is 0.0694 e. The van der Waals surface area contributed by atoms with Gasteiger partial charge in [-0.15, -0.1) is 11.8 Å². The van der Waals surface area contributed by atoms with Gasteiger partial charge >= 0.3 is 0 Å². The molecule has 13 heavy (non-hydrogen) atoms. The van der Waals surface area contributed by atoms with Crippen LogP contribution < -0.4 is 0 Å². The van der Waals surface area contributed by atoms with Gasteiger partial charge in [-0.05, 0) is 25.0 Å². The van der Waals surface area contributed by atoms with Gasteiger partial charge in [0.1, 0.15) is 0 Å².